The van der Waals surface area contributed by atoms with E-state index < -0.39 is 11.7 Å². The quantitative estimate of drug-likeness (QED) is 0.418. The second-order valence-electron chi connectivity index (χ2n) is 9.98. The van der Waals surface area contributed by atoms with Crippen LogP contribution in [0.25, 0.3) is 10.9 Å². The van der Waals surface area contributed by atoms with Gasteiger partial charge in [-0.15, -0.1) is 0 Å². The van der Waals surface area contributed by atoms with E-state index in [-0.39, 0.29) is 18.2 Å². The van der Waals surface area contributed by atoms with Crippen molar-refractivity contribution in [2.24, 2.45) is 0 Å². The van der Waals surface area contributed by atoms with Crippen molar-refractivity contribution in [1.82, 2.24) is 19.7 Å². The molecule has 190 valence electrons. The molecule has 4 aromatic rings. The number of carbonyl (C=O) groups is 1. The number of nitrogens with zero attached hydrogens (tertiary/aromatic N) is 4. The first-order chi connectivity index (χ1) is 18.5. The molecule has 1 aliphatic carbocycles. The van der Waals surface area contributed by atoms with E-state index in [1.165, 1.54) is 23.8 Å². The standard InChI is InChI=1S/C29H24FN5O3/c1-34(29(36)21-9-20-22-13-37-14-23(22)28(31)33-25(20)10-24(21)30)26-15-38-27-8-16(4-7-19(26)27)2-3-17-11-32-35(12-17)18-5-6-18/h4,7-12,18,26H,5-6,13-15H2,1H3,(H2,31,33). The third kappa shape index (κ3) is 3.76. The van der Waals surface area contributed by atoms with Gasteiger partial charge in [0.15, 0.2) is 0 Å². The molecule has 2 aliphatic heterocycles. The van der Waals surface area contributed by atoms with E-state index in [1.807, 2.05) is 29.1 Å². The highest BCUT2D eigenvalue weighted by molar-refractivity contribution is 5.99. The minimum atomic E-state index is -0.644. The topological polar surface area (TPSA) is 95.5 Å². The molecule has 2 aromatic carbocycles. The maximum atomic E-state index is 15.1. The van der Waals surface area contributed by atoms with E-state index in [2.05, 4.69) is 21.9 Å². The summed E-state index contributed by atoms with van der Waals surface area (Å²) in [5.41, 5.74) is 10.6. The Hall–Kier alpha value is -4.42. The van der Waals surface area contributed by atoms with E-state index >= 15 is 4.39 Å². The Labute approximate surface area is 218 Å². The summed E-state index contributed by atoms with van der Waals surface area (Å²) in [6.45, 7) is 0.988. The normalized spacial score (nSPS) is 17.5. The third-order valence-corrected chi connectivity index (χ3v) is 7.48. The number of hydrogen-bond acceptors (Lipinski definition) is 6. The van der Waals surface area contributed by atoms with Gasteiger partial charge in [0, 0.05) is 41.4 Å². The van der Waals surface area contributed by atoms with Crippen LogP contribution in [0.4, 0.5) is 10.2 Å². The molecular formula is C29H24FN5O3. The predicted octanol–water partition coefficient (Wildman–Crippen LogP) is 4.12. The Kier molecular flexibility index (Phi) is 5.13. The second kappa shape index (κ2) is 8.57. The molecule has 2 N–H and O–H groups in total. The van der Waals surface area contributed by atoms with Crippen molar-refractivity contribution in [1.29, 1.82) is 0 Å². The Morgan fingerprint density at radius 3 is 2.82 bits per heavy atom. The summed E-state index contributed by atoms with van der Waals surface area (Å²) in [5, 5.41) is 5.05. The average Bonchev–Trinajstić information content (AvgIpc) is 3.30. The van der Waals surface area contributed by atoms with Crippen LogP contribution in [0.2, 0.25) is 0 Å². The van der Waals surface area contributed by atoms with Crippen molar-refractivity contribution in [3.8, 4) is 17.6 Å². The van der Waals surface area contributed by atoms with E-state index in [0.29, 0.717) is 41.7 Å². The van der Waals surface area contributed by atoms with E-state index in [1.54, 1.807) is 19.3 Å². The minimum Gasteiger partial charge on any atom is -0.491 e. The summed E-state index contributed by atoms with van der Waals surface area (Å²) in [6, 6.07) is 8.69. The number of benzene rings is 2. The molecule has 1 fully saturated rings. The highest BCUT2D eigenvalue weighted by Crippen LogP contribution is 2.38. The summed E-state index contributed by atoms with van der Waals surface area (Å²) >= 11 is 0. The van der Waals surface area contributed by atoms with Crippen LogP contribution in [-0.2, 0) is 18.0 Å². The number of halogens is 1. The summed E-state index contributed by atoms with van der Waals surface area (Å²) in [5.74, 6) is 6.24. The largest absolute Gasteiger partial charge is 0.491 e. The maximum absolute atomic E-state index is 15.1. The van der Waals surface area contributed by atoms with Gasteiger partial charge >= 0.3 is 0 Å². The van der Waals surface area contributed by atoms with Crippen molar-refractivity contribution >= 4 is 22.6 Å². The zero-order valence-electron chi connectivity index (χ0n) is 20.7. The van der Waals surface area contributed by atoms with Crippen LogP contribution < -0.4 is 10.5 Å². The van der Waals surface area contributed by atoms with Gasteiger partial charge in [0.1, 0.15) is 24.0 Å². The number of hydrogen-bond donors (Lipinski definition) is 1. The van der Waals surface area contributed by atoms with Gasteiger partial charge in [-0.1, -0.05) is 17.9 Å². The number of likely N-dealkylation sites (N-methyl/N-ethyl adjacent to an activating group) is 1. The molecule has 9 heteroatoms. The fourth-order valence-electron chi connectivity index (χ4n) is 5.16. The lowest BCUT2D eigenvalue weighted by molar-refractivity contribution is 0.0704. The Bertz CT molecular complexity index is 1700. The molecule has 1 saturated carbocycles. The molecule has 2 aromatic heterocycles. The number of nitrogens with two attached hydrogens (primary N) is 1. The lowest BCUT2D eigenvalue weighted by Gasteiger charge is -2.24. The van der Waals surface area contributed by atoms with Crippen molar-refractivity contribution in [3.63, 3.8) is 0 Å². The highest BCUT2D eigenvalue weighted by atomic mass is 19.1. The Morgan fingerprint density at radius 2 is 1.97 bits per heavy atom. The molecule has 1 atom stereocenters. The Balaban J connectivity index is 1.14. The second-order valence-corrected chi connectivity index (χ2v) is 9.98. The Morgan fingerprint density at radius 1 is 1.16 bits per heavy atom. The molecule has 1 amide bonds. The van der Waals surface area contributed by atoms with Gasteiger partial charge in [-0.2, -0.15) is 5.10 Å². The van der Waals surface area contributed by atoms with Crippen molar-refractivity contribution in [2.45, 2.75) is 38.1 Å². The summed E-state index contributed by atoms with van der Waals surface area (Å²) < 4.78 is 28.5. The first-order valence-corrected chi connectivity index (χ1v) is 12.5. The molecule has 7 rings (SSSR count). The molecule has 3 aliphatic rings. The van der Waals surface area contributed by atoms with E-state index in [0.717, 1.165) is 27.8 Å². The fourth-order valence-corrected chi connectivity index (χ4v) is 5.16. The highest BCUT2D eigenvalue weighted by Gasteiger charge is 2.32. The molecule has 1 unspecified atom stereocenters. The van der Waals surface area contributed by atoms with Gasteiger partial charge in [-0.25, -0.2) is 9.37 Å². The number of aromatic nitrogens is 3. The fraction of sp³-hybridized carbons (Fsp3) is 0.276. The van der Waals surface area contributed by atoms with Crippen LogP contribution in [0.3, 0.4) is 0 Å². The number of amides is 1. The van der Waals surface area contributed by atoms with Gasteiger partial charge in [0.05, 0.1) is 48.1 Å². The van der Waals surface area contributed by atoms with Crippen LogP contribution in [0.1, 0.15) is 63.1 Å². The van der Waals surface area contributed by atoms with Crippen LogP contribution in [0, 0.1) is 17.7 Å². The van der Waals surface area contributed by atoms with Crippen LogP contribution in [0.5, 0.6) is 5.75 Å². The van der Waals surface area contributed by atoms with Crippen LogP contribution in [-0.4, -0.2) is 39.2 Å². The predicted molar refractivity (Wildman–Crippen MR) is 138 cm³/mol. The smallest absolute Gasteiger partial charge is 0.257 e. The maximum Gasteiger partial charge on any atom is 0.257 e. The van der Waals surface area contributed by atoms with E-state index in [4.69, 9.17) is 15.2 Å². The third-order valence-electron chi connectivity index (χ3n) is 7.48. The molecule has 0 radical (unpaired) electrons. The first kappa shape index (κ1) is 22.8. The summed E-state index contributed by atoms with van der Waals surface area (Å²) in [7, 11) is 1.66. The SMILES string of the molecule is CN(C(=O)c1cc2c3c(c(N)nc2cc1F)COC3)C1COc2cc(C#Cc3cnn(C4CC4)c3)ccc21. The first-order valence-electron chi connectivity index (χ1n) is 12.5. The number of rotatable bonds is 3. The van der Waals surface area contributed by atoms with Crippen molar-refractivity contribution < 1.29 is 18.7 Å². The number of carbonyl (C=O) groups excluding carboxylic acids is 1. The summed E-state index contributed by atoms with van der Waals surface area (Å²) in [4.78, 5) is 19.3. The lowest BCUT2D eigenvalue weighted by atomic mass is 10.0. The summed E-state index contributed by atoms with van der Waals surface area (Å²) in [6.07, 6.45) is 6.10. The monoisotopic (exact) mass is 509 g/mol. The van der Waals surface area contributed by atoms with Gasteiger partial charge in [0.25, 0.3) is 5.91 Å². The van der Waals surface area contributed by atoms with Crippen LogP contribution >= 0.6 is 0 Å². The minimum absolute atomic E-state index is 0.0247. The zero-order valence-corrected chi connectivity index (χ0v) is 20.7. The lowest BCUT2D eigenvalue weighted by Crippen LogP contribution is -2.32. The number of fused-ring (bicyclic) bond motifs is 4. The molecule has 0 spiro atoms. The molecule has 0 bridgehead atoms. The van der Waals surface area contributed by atoms with Crippen molar-refractivity contribution in [2.75, 3.05) is 19.4 Å². The molecule has 0 saturated heterocycles. The van der Waals surface area contributed by atoms with Gasteiger partial charge in [-0.3, -0.25) is 9.48 Å². The van der Waals surface area contributed by atoms with E-state index in [9.17, 15) is 4.79 Å². The zero-order chi connectivity index (χ0) is 26.0. The molecule has 4 heterocycles. The molecule has 38 heavy (non-hydrogen) atoms. The average molecular weight is 510 g/mol. The number of nitrogen functional groups attached to an aromatic ring is 1. The molecule has 8 nitrogen and oxygen atoms in total. The number of pyridine rings is 1. The van der Waals surface area contributed by atoms with Crippen molar-refractivity contribution in [3.05, 3.63) is 81.9 Å². The van der Waals surface area contributed by atoms with Gasteiger partial charge in [0.2, 0.25) is 0 Å². The number of ether oxygens (including phenoxy) is 2. The number of anilines is 1. The van der Waals surface area contributed by atoms with Gasteiger partial charge < -0.3 is 20.1 Å². The van der Waals surface area contributed by atoms with Gasteiger partial charge in [-0.05, 0) is 36.6 Å². The molecular weight excluding hydrogens is 485 g/mol. The van der Waals surface area contributed by atoms with Crippen LogP contribution in [0.15, 0.2) is 42.7 Å².